The van der Waals surface area contributed by atoms with Crippen LogP contribution in [-0.4, -0.2) is 35.9 Å². The number of amides is 2. The lowest BCUT2D eigenvalue weighted by atomic mass is 10.1. The lowest BCUT2D eigenvalue weighted by Gasteiger charge is -2.20. The third-order valence-electron chi connectivity index (χ3n) is 3.56. The maximum atomic E-state index is 12.4. The molecule has 0 spiro atoms. The van der Waals surface area contributed by atoms with E-state index in [0.29, 0.717) is 23.5 Å². The molecule has 2 aliphatic rings. The van der Waals surface area contributed by atoms with Crippen molar-refractivity contribution >= 4 is 11.8 Å². The van der Waals surface area contributed by atoms with E-state index in [1.807, 2.05) is 4.90 Å². The Labute approximate surface area is 105 Å². The Bertz CT molecular complexity index is 527. The molecule has 2 N–H and O–H groups in total. The molecule has 0 saturated carbocycles. The second-order valence-corrected chi connectivity index (χ2v) is 4.68. The van der Waals surface area contributed by atoms with Gasteiger partial charge in [0.05, 0.1) is 11.6 Å². The first-order valence-corrected chi connectivity index (χ1v) is 6.04. The molecule has 1 aromatic carbocycles. The minimum absolute atomic E-state index is 0.0619. The van der Waals surface area contributed by atoms with Gasteiger partial charge in [0, 0.05) is 12.1 Å². The first kappa shape index (κ1) is 11.1. The van der Waals surface area contributed by atoms with Crippen LogP contribution >= 0.6 is 0 Å². The van der Waals surface area contributed by atoms with Crippen LogP contribution < -0.4 is 10.5 Å². The van der Waals surface area contributed by atoms with Gasteiger partial charge in [0.15, 0.2) is 0 Å². The number of nitrogens with two attached hydrogens (primary N) is 1. The van der Waals surface area contributed by atoms with Crippen LogP contribution in [0.5, 0.6) is 5.75 Å². The van der Waals surface area contributed by atoms with E-state index in [0.717, 1.165) is 19.4 Å². The summed E-state index contributed by atoms with van der Waals surface area (Å²) in [6.07, 6.45) is 1.98. The van der Waals surface area contributed by atoms with Gasteiger partial charge in [-0.25, -0.2) is 0 Å². The smallest absolute Gasteiger partial charge is 0.258 e. The molecule has 0 aliphatic carbocycles. The third kappa shape index (κ3) is 1.63. The molecule has 1 fully saturated rings. The molecule has 1 aromatic rings. The third-order valence-corrected chi connectivity index (χ3v) is 3.56. The van der Waals surface area contributed by atoms with Crippen molar-refractivity contribution in [3.63, 3.8) is 0 Å². The minimum Gasteiger partial charge on any atom is -0.491 e. The standard InChI is InChI=1S/C13H14N2O3/c14-12(16)8-3-4-11-10(6-8)13(17)15-5-1-2-9(15)7-18-11/h3-4,6,9H,1-2,5,7H2,(H2,14,16)/t9-/m1/s1. The molecule has 5 heteroatoms. The number of hydrogen-bond donors (Lipinski definition) is 1. The Balaban J connectivity index is 2.05. The fourth-order valence-electron chi connectivity index (χ4n) is 2.59. The van der Waals surface area contributed by atoms with Crippen molar-refractivity contribution in [2.75, 3.05) is 13.2 Å². The van der Waals surface area contributed by atoms with Crippen LogP contribution in [0.1, 0.15) is 33.6 Å². The van der Waals surface area contributed by atoms with Crippen LogP contribution in [0.15, 0.2) is 18.2 Å². The zero-order chi connectivity index (χ0) is 12.7. The SMILES string of the molecule is NC(=O)c1ccc2c(c1)C(=O)N1CCC[C@@H]1CO2. The van der Waals surface area contributed by atoms with Gasteiger partial charge in [-0.3, -0.25) is 9.59 Å². The average molecular weight is 246 g/mol. The van der Waals surface area contributed by atoms with Crippen molar-refractivity contribution in [1.29, 1.82) is 0 Å². The predicted molar refractivity (Wildman–Crippen MR) is 64.5 cm³/mol. The van der Waals surface area contributed by atoms with Crippen LogP contribution in [-0.2, 0) is 0 Å². The van der Waals surface area contributed by atoms with Crippen LogP contribution in [0.2, 0.25) is 0 Å². The van der Waals surface area contributed by atoms with Gasteiger partial charge in [0.1, 0.15) is 12.4 Å². The molecule has 94 valence electrons. The summed E-state index contributed by atoms with van der Waals surface area (Å²) in [5.74, 6) is -0.0553. The van der Waals surface area contributed by atoms with E-state index in [9.17, 15) is 9.59 Å². The average Bonchev–Trinajstić information content (AvgIpc) is 2.79. The van der Waals surface area contributed by atoms with E-state index in [4.69, 9.17) is 10.5 Å². The number of carbonyl (C=O) groups is 2. The first-order chi connectivity index (χ1) is 8.66. The van der Waals surface area contributed by atoms with E-state index in [-0.39, 0.29) is 11.9 Å². The quantitative estimate of drug-likeness (QED) is 0.796. The molecular weight excluding hydrogens is 232 g/mol. The summed E-state index contributed by atoms with van der Waals surface area (Å²) < 4.78 is 5.65. The molecule has 1 atom stereocenters. The molecule has 2 heterocycles. The Morgan fingerprint density at radius 2 is 2.28 bits per heavy atom. The number of nitrogens with zero attached hydrogens (tertiary/aromatic N) is 1. The molecule has 0 aromatic heterocycles. The highest BCUT2D eigenvalue weighted by Gasteiger charge is 2.34. The maximum Gasteiger partial charge on any atom is 0.258 e. The number of carbonyl (C=O) groups excluding carboxylic acids is 2. The molecule has 0 bridgehead atoms. The Hall–Kier alpha value is -2.04. The van der Waals surface area contributed by atoms with Crippen molar-refractivity contribution in [2.45, 2.75) is 18.9 Å². The molecule has 0 radical (unpaired) electrons. The number of fused-ring (bicyclic) bond motifs is 2. The largest absolute Gasteiger partial charge is 0.491 e. The highest BCUT2D eigenvalue weighted by molar-refractivity contribution is 6.01. The molecular formula is C13H14N2O3. The van der Waals surface area contributed by atoms with Crippen molar-refractivity contribution < 1.29 is 14.3 Å². The van der Waals surface area contributed by atoms with Gasteiger partial charge >= 0.3 is 0 Å². The molecule has 18 heavy (non-hydrogen) atoms. The van der Waals surface area contributed by atoms with E-state index in [1.54, 1.807) is 12.1 Å². The van der Waals surface area contributed by atoms with Crippen molar-refractivity contribution in [3.05, 3.63) is 29.3 Å². The van der Waals surface area contributed by atoms with E-state index in [1.165, 1.54) is 6.07 Å². The second kappa shape index (κ2) is 4.01. The summed E-state index contributed by atoms with van der Waals surface area (Å²) in [6, 6.07) is 4.92. The monoisotopic (exact) mass is 246 g/mol. The van der Waals surface area contributed by atoms with Crippen LogP contribution in [0.25, 0.3) is 0 Å². The number of primary amides is 1. The van der Waals surface area contributed by atoms with Crippen molar-refractivity contribution in [2.24, 2.45) is 5.73 Å². The van der Waals surface area contributed by atoms with Gasteiger partial charge in [0.2, 0.25) is 5.91 Å². The summed E-state index contributed by atoms with van der Waals surface area (Å²) in [6.45, 7) is 1.28. The minimum atomic E-state index is -0.534. The lowest BCUT2D eigenvalue weighted by Crippen LogP contribution is -2.36. The summed E-state index contributed by atoms with van der Waals surface area (Å²) >= 11 is 0. The summed E-state index contributed by atoms with van der Waals surface area (Å²) in [4.78, 5) is 25.4. The maximum absolute atomic E-state index is 12.4. The van der Waals surface area contributed by atoms with Crippen LogP contribution in [0.4, 0.5) is 0 Å². The van der Waals surface area contributed by atoms with Crippen molar-refractivity contribution in [3.8, 4) is 5.75 Å². The number of rotatable bonds is 1. The van der Waals surface area contributed by atoms with Gasteiger partial charge < -0.3 is 15.4 Å². The highest BCUT2D eigenvalue weighted by atomic mass is 16.5. The molecule has 2 aliphatic heterocycles. The molecule has 1 saturated heterocycles. The lowest BCUT2D eigenvalue weighted by molar-refractivity contribution is 0.0726. The van der Waals surface area contributed by atoms with Crippen molar-refractivity contribution in [1.82, 2.24) is 4.90 Å². The Morgan fingerprint density at radius 3 is 3.06 bits per heavy atom. The summed E-state index contributed by atoms with van der Waals surface area (Å²) in [5, 5.41) is 0. The van der Waals surface area contributed by atoms with Crippen LogP contribution in [0.3, 0.4) is 0 Å². The molecule has 2 amide bonds. The predicted octanol–water partition coefficient (Wildman–Crippen LogP) is 0.782. The Morgan fingerprint density at radius 1 is 1.44 bits per heavy atom. The fourth-order valence-corrected chi connectivity index (χ4v) is 2.59. The van der Waals surface area contributed by atoms with E-state index < -0.39 is 5.91 Å². The number of hydrogen-bond acceptors (Lipinski definition) is 3. The zero-order valence-electron chi connectivity index (χ0n) is 9.89. The molecule has 5 nitrogen and oxygen atoms in total. The fraction of sp³-hybridized carbons (Fsp3) is 0.385. The van der Waals surface area contributed by atoms with E-state index in [2.05, 4.69) is 0 Å². The van der Waals surface area contributed by atoms with Gasteiger partial charge in [-0.2, -0.15) is 0 Å². The highest BCUT2D eigenvalue weighted by Crippen LogP contribution is 2.30. The first-order valence-electron chi connectivity index (χ1n) is 6.04. The van der Waals surface area contributed by atoms with Gasteiger partial charge in [0.25, 0.3) is 5.91 Å². The molecule has 3 rings (SSSR count). The topological polar surface area (TPSA) is 72.6 Å². The van der Waals surface area contributed by atoms with Gasteiger partial charge in [-0.05, 0) is 31.0 Å². The second-order valence-electron chi connectivity index (χ2n) is 4.68. The van der Waals surface area contributed by atoms with Gasteiger partial charge in [-0.1, -0.05) is 0 Å². The zero-order valence-corrected chi connectivity index (χ0v) is 9.89. The normalized spacial score (nSPS) is 21.9. The number of ether oxygens (including phenoxy) is 1. The summed E-state index contributed by atoms with van der Waals surface area (Å²) in [5.41, 5.74) is 6.01. The van der Waals surface area contributed by atoms with E-state index >= 15 is 0 Å². The number of benzene rings is 1. The molecule has 0 unspecified atom stereocenters. The van der Waals surface area contributed by atoms with Crippen LogP contribution in [0, 0.1) is 0 Å². The summed E-state index contributed by atoms with van der Waals surface area (Å²) in [7, 11) is 0. The Kier molecular flexibility index (Phi) is 2.47. The van der Waals surface area contributed by atoms with Gasteiger partial charge in [-0.15, -0.1) is 0 Å².